The molecule has 0 aromatic carbocycles. The van der Waals surface area contributed by atoms with Gasteiger partial charge in [-0.05, 0) is 25.3 Å². The SMILES string of the molecule is CCN(CC)C(=O)C(=O)c1ccsc1. The van der Waals surface area contributed by atoms with Gasteiger partial charge in [-0.25, -0.2) is 0 Å². The van der Waals surface area contributed by atoms with Crippen LogP contribution in [0.3, 0.4) is 0 Å². The Bertz CT molecular complexity index is 315. The van der Waals surface area contributed by atoms with Crippen LogP contribution in [-0.2, 0) is 4.79 Å². The molecule has 1 rings (SSSR count). The van der Waals surface area contributed by atoms with Crippen molar-refractivity contribution in [1.29, 1.82) is 0 Å². The molecule has 14 heavy (non-hydrogen) atoms. The van der Waals surface area contributed by atoms with Crippen LogP contribution in [0.4, 0.5) is 0 Å². The van der Waals surface area contributed by atoms with E-state index in [0.717, 1.165) is 0 Å². The lowest BCUT2D eigenvalue weighted by atomic mass is 10.2. The first-order valence-corrected chi connectivity index (χ1v) is 5.50. The first kappa shape index (κ1) is 10.9. The van der Waals surface area contributed by atoms with Gasteiger partial charge < -0.3 is 4.90 Å². The van der Waals surface area contributed by atoms with Crippen molar-refractivity contribution in [2.45, 2.75) is 13.8 Å². The predicted octanol–water partition coefficient (Wildman–Crippen LogP) is 1.80. The molecule has 0 spiro atoms. The Morgan fingerprint density at radius 3 is 2.43 bits per heavy atom. The molecular weight excluding hydrogens is 198 g/mol. The van der Waals surface area contributed by atoms with Crippen molar-refractivity contribution in [2.24, 2.45) is 0 Å². The quantitative estimate of drug-likeness (QED) is 0.562. The van der Waals surface area contributed by atoms with Crippen molar-refractivity contribution >= 4 is 23.0 Å². The molecule has 0 aliphatic carbocycles. The van der Waals surface area contributed by atoms with Crippen LogP contribution in [0.2, 0.25) is 0 Å². The molecule has 0 unspecified atom stereocenters. The van der Waals surface area contributed by atoms with Gasteiger partial charge in [-0.3, -0.25) is 9.59 Å². The number of Topliss-reactive ketones (excluding diaryl/α,β-unsaturated/α-hetero) is 1. The molecule has 0 radical (unpaired) electrons. The molecule has 0 saturated heterocycles. The minimum Gasteiger partial charge on any atom is -0.336 e. The van der Waals surface area contributed by atoms with Crippen molar-refractivity contribution in [2.75, 3.05) is 13.1 Å². The van der Waals surface area contributed by atoms with Crippen LogP contribution in [0.15, 0.2) is 16.8 Å². The lowest BCUT2D eigenvalue weighted by Gasteiger charge is -2.16. The third-order valence-electron chi connectivity index (χ3n) is 2.03. The minimum absolute atomic E-state index is 0.407. The molecule has 0 atom stereocenters. The second kappa shape index (κ2) is 4.91. The Kier molecular flexibility index (Phi) is 3.83. The smallest absolute Gasteiger partial charge is 0.294 e. The average molecular weight is 211 g/mol. The van der Waals surface area contributed by atoms with Crippen LogP contribution >= 0.6 is 11.3 Å². The van der Waals surface area contributed by atoms with E-state index < -0.39 is 11.7 Å². The van der Waals surface area contributed by atoms with Crippen LogP contribution in [0.1, 0.15) is 24.2 Å². The molecule has 0 N–H and O–H groups in total. The molecule has 1 aromatic heterocycles. The van der Waals surface area contributed by atoms with Crippen LogP contribution in [0.25, 0.3) is 0 Å². The summed E-state index contributed by atoms with van der Waals surface area (Å²) >= 11 is 1.42. The first-order chi connectivity index (χ1) is 6.70. The lowest BCUT2D eigenvalue weighted by molar-refractivity contribution is -0.126. The number of rotatable bonds is 4. The van der Waals surface area contributed by atoms with E-state index in [-0.39, 0.29) is 0 Å². The second-order valence-electron chi connectivity index (χ2n) is 2.82. The van der Waals surface area contributed by atoms with Gasteiger partial charge in [0.05, 0.1) is 0 Å². The summed E-state index contributed by atoms with van der Waals surface area (Å²) in [5.74, 6) is -0.816. The maximum absolute atomic E-state index is 11.6. The van der Waals surface area contributed by atoms with E-state index in [0.29, 0.717) is 18.7 Å². The van der Waals surface area contributed by atoms with Gasteiger partial charge in [0.1, 0.15) is 0 Å². The summed E-state index contributed by atoms with van der Waals surface area (Å²) in [4.78, 5) is 24.7. The summed E-state index contributed by atoms with van der Waals surface area (Å²) in [6, 6.07) is 1.68. The summed E-state index contributed by atoms with van der Waals surface area (Å²) in [6.07, 6.45) is 0. The molecule has 1 aromatic rings. The summed E-state index contributed by atoms with van der Waals surface area (Å²) in [7, 11) is 0. The van der Waals surface area contributed by atoms with Crippen LogP contribution < -0.4 is 0 Å². The highest BCUT2D eigenvalue weighted by atomic mass is 32.1. The van der Waals surface area contributed by atoms with Crippen molar-refractivity contribution in [1.82, 2.24) is 4.90 Å². The summed E-state index contributed by atoms with van der Waals surface area (Å²) in [5.41, 5.74) is 0.493. The Morgan fingerprint density at radius 1 is 1.36 bits per heavy atom. The monoisotopic (exact) mass is 211 g/mol. The fourth-order valence-corrected chi connectivity index (χ4v) is 1.81. The van der Waals surface area contributed by atoms with Crippen molar-refractivity contribution in [3.63, 3.8) is 0 Å². The van der Waals surface area contributed by atoms with E-state index in [4.69, 9.17) is 0 Å². The van der Waals surface area contributed by atoms with E-state index in [1.807, 2.05) is 13.8 Å². The molecule has 0 aliphatic heterocycles. The van der Waals surface area contributed by atoms with E-state index in [2.05, 4.69) is 0 Å². The van der Waals surface area contributed by atoms with Crippen molar-refractivity contribution in [3.8, 4) is 0 Å². The molecule has 1 heterocycles. The molecule has 0 saturated carbocycles. The third kappa shape index (κ3) is 2.20. The molecular formula is C10H13NO2S. The molecule has 0 fully saturated rings. The summed E-state index contributed by atoms with van der Waals surface area (Å²) in [6.45, 7) is 4.88. The van der Waals surface area contributed by atoms with Gasteiger partial charge in [0.15, 0.2) is 0 Å². The second-order valence-corrected chi connectivity index (χ2v) is 3.60. The number of likely N-dealkylation sites (N-methyl/N-ethyl adjacent to an activating group) is 1. The van der Waals surface area contributed by atoms with E-state index in [9.17, 15) is 9.59 Å². The normalized spacial score (nSPS) is 9.86. The van der Waals surface area contributed by atoms with Crippen LogP contribution in [0.5, 0.6) is 0 Å². The number of carbonyl (C=O) groups excluding carboxylic acids is 2. The molecule has 1 amide bonds. The molecule has 0 bridgehead atoms. The zero-order valence-electron chi connectivity index (χ0n) is 8.32. The third-order valence-corrected chi connectivity index (χ3v) is 2.71. The van der Waals surface area contributed by atoms with Crippen molar-refractivity contribution in [3.05, 3.63) is 22.4 Å². The number of hydrogen-bond acceptors (Lipinski definition) is 3. The van der Waals surface area contributed by atoms with Gasteiger partial charge in [-0.2, -0.15) is 11.3 Å². The van der Waals surface area contributed by atoms with Gasteiger partial charge in [0.2, 0.25) is 0 Å². The molecule has 76 valence electrons. The minimum atomic E-state index is -0.409. The lowest BCUT2D eigenvalue weighted by Crippen LogP contribution is -2.36. The van der Waals surface area contributed by atoms with Gasteiger partial charge in [-0.1, -0.05) is 0 Å². The molecule has 3 nitrogen and oxygen atoms in total. The molecule has 0 aliphatic rings. The number of amides is 1. The van der Waals surface area contributed by atoms with Gasteiger partial charge in [0.25, 0.3) is 11.7 Å². The van der Waals surface area contributed by atoms with E-state index >= 15 is 0 Å². The maximum atomic E-state index is 11.6. The number of thiophene rings is 1. The largest absolute Gasteiger partial charge is 0.336 e. The van der Waals surface area contributed by atoms with E-state index in [1.54, 1.807) is 16.8 Å². The standard InChI is InChI=1S/C10H13NO2S/c1-3-11(4-2)10(13)9(12)8-5-6-14-7-8/h5-7H,3-4H2,1-2H3. The average Bonchev–Trinajstić information content (AvgIpc) is 2.71. The fourth-order valence-electron chi connectivity index (χ4n) is 1.17. The summed E-state index contributed by atoms with van der Waals surface area (Å²) < 4.78 is 0. The number of carbonyl (C=O) groups is 2. The van der Waals surface area contributed by atoms with Gasteiger partial charge >= 0.3 is 0 Å². The van der Waals surface area contributed by atoms with Crippen LogP contribution in [-0.4, -0.2) is 29.7 Å². The zero-order valence-corrected chi connectivity index (χ0v) is 9.13. The van der Waals surface area contributed by atoms with Crippen molar-refractivity contribution < 1.29 is 9.59 Å². The Morgan fingerprint density at radius 2 is 2.00 bits per heavy atom. The zero-order chi connectivity index (χ0) is 10.6. The van der Waals surface area contributed by atoms with Gasteiger partial charge in [0, 0.05) is 24.0 Å². The summed E-state index contributed by atoms with van der Waals surface area (Å²) in [5, 5.41) is 3.49. The highest BCUT2D eigenvalue weighted by Gasteiger charge is 2.20. The molecule has 4 heteroatoms. The fraction of sp³-hybridized carbons (Fsp3) is 0.400. The number of hydrogen-bond donors (Lipinski definition) is 0. The number of nitrogens with zero attached hydrogens (tertiary/aromatic N) is 1. The Labute approximate surface area is 87.3 Å². The Balaban J connectivity index is 2.75. The van der Waals surface area contributed by atoms with Crippen LogP contribution in [0, 0.1) is 0 Å². The first-order valence-electron chi connectivity index (χ1n) is 4.56. The predicted molar refractivity (Wildman–Crippen MR) is 56.6 cm³/mol. The van der Waals surface area contributed by atoms with Gasteiger partial charge in [-0.15, -0.1) is 0 Å². The van der Waals surface area contributed by atoms with E-state index in [1.165, 1.54) is 16.2 Å². The number of ketones is 1. The highest BCUT2D eigenvalue weighted by molar-refractivity contribution is 7.08. The topological polar surface area (TPSA) is 37.4 Å². The maximum Gasteiger partial charge on any atom is 0.294 e. The Hall–Kier alpha value is -1.16. The highest BCUT2D eigenvalue weighted by Crippen LogP contribution is 2.08.